The van der Waals surface area contributed by atoms with Gasteiger partial charge in [0.05, 0.1) is 5.69 Å². The summed E-state index contributed by atoms with van der Waals surface area (Å²) in [4.78, 5) is 1.81. The number of rotatable bonds is 5. The largest absolute Gasteiger partial charge is 0.150 e. The average Bonchev–Trinajstić information content (AvgIpc) is 3.06. The lowest BCUT2D eigenvalue weighted by molar-refractivity contribution is 0.496. The van der Waals surface area contributed by atoms with Crippen molar-refractivity contribution in [3.05, 3.63) is 52.6 Å². The Bertz CT molecular complexity index is 903. The van der Waals surface area contributed by atoms with Gasteiger partial charge in [0.25, 0.3) is 0 Å². The van der Waals surface area contributed by atoms with Gasteiger partial charge in [-0.05, 0) is 71.9 Å². The van der Waals surface area contributed by atoms with Crippen LogP contribution in [0.3, 0.4) is 0 Å². The van der Waals surface area contributed by atoms with Crippen LogP contribution in [0, 0.1) is 13.8 Å². The van der Waals surface area contributed by atoms with Crippen LogP contribution in [0.2, 0.25) is 0 Å². The second-order valence-electron chi connectivity index (χ2n) is 9.00. The van der Waals surface area contributed by atoms with Crippen molar-refractivity contribution in [2.75, 3.05) is 0 Å². The molecule has 3 aromatic rings. The van der Waals surface area contributed by atoms with Crippen LogP contribution in [-0.4, -0.2) is 15.0 Å². The predicted molar refractivity (Wildman–Crippen MR) is 115 cm³/mol. The number of fused-ring (bicyclic) bond motifs is 1. The first kappa shape index (κ1) is 19.6. The summed E-state index contributed by atoms with van der Waals surface area (Å²) in [6.45, 7) is 18.3. The van der Waals surface area contributed by atoms with Gasteiger partial charge in [-0.1, -0.05) is 59.7 Å². The molecule has 1 heterocycles. The summed E-state index contributed by atoms with van der Waals surface area (Å²) in [5, 5.41) is 10.0. The van der Waals surface area contributed by atoms with Crippen molar-refractivity contribution in [1.29, 1.82) is 0 Å². The highest BCUT2D eigenvalue weighted by Gasteiger charge is 2.33. The van der Waals surface area contributed by atoms with E-state index in [1.54, 1.807) is 0 Å². The van der Waals surface area contributed by atoms with E-state index in [2.05, 4.69) is 67.5 Å². The molecule has 144 valence electrons. The van der Waals surface area contributed by atoms with Crippen LogP contribution in [0.25, 0.3) is 16.7 Å². The van der Waals surface area contributed by atoms with Gasteiger partial charge in [0.2, 0.25) is 0 Å². The standard InChI is InChI=1S/C24H33N3/c1-9-23(5,6)19-16(3)17(4)20(24(7,8)10-2)22-21(19)25-27(26-22)18-14-12-11-13-15-18/h11-15H,9-10H2,1-8H3. The van der Waals surface area contributed by atoms with Gasteiger partial charge in [-0.25, -0.2) is 0 Å². The van der Waals surface area contributed by atoms with Gasteiger partial charge in [-0.2, -0.15) is 4.80 Å². The summed E-state index contributed by atoms with van der Waals surface area (Å²) >= 11 is 0. The molecular formula is C24H33N3. The number of nitrogens with zero attached hydrogens (tertiary/aromatic N) is 3. The van der Waals surface area contributed by atoms with Crippen molar-refractivity contribution in [2.24, 2.45) is 0 Å². The monoisotopic (exact) mass is 363 g/mol. The van der Waals surface area contributed by atoms with Crippen molar-refractivity contribution in [3.63, 3.8) is 0 Å². The molecular weight excluding hydrogens is 330 g/mol. The van der Waals surface area contributed by atoms with Crippen LogP contribution in [0.4, 0.5) is 0 Å². The van der Waals surface area contributed by atoms with Crippen molar-refractivity contribution in [3.8, 4) is 5.69 Å². The van der Waals surface area contributed by atoms with E-state index in [0.717, 1.165) is 29.6 Å². The minimum atomic E-state index is 0.0551. The fourth-order valence-electron chi connectivity index (χ4n) is 4.06. The van der Waals surface area contributed by atoms with Crippen molar-refractivity contribution < 1.29 is 0 Å². The zero-order valence-electron chi connectivity index (χ0n) is 18.1. The third kappa shape index (κ3) is 3.18. The molecule has 0 unspecified atom stereocenters. The SMILES string of the molecule is CCC(C)(C)c1c(C)c(C)c(C(C)(C)CC)c2nn(-c3ccccc3)nc12. The van der Waals surface area contributed by atoms with Crippen molar-refractivity contribution in [1.82, 2.24) is 15.0 Å². The Kier molecular flexibility index (Phi) is 4.92. The molecule has 0 saturated carbocycles. The first-order valence-corrected chi connectivity index (χ1v) is 10.1. The van der Waals surface area contributed by atoms with Gasteiger partial charge in [-0.3, -0.25) is 0 Å². The van der Waals surface area contributed by atoms with Gasteiger partial charge in [-0.15, -0.1) is 10.2 Å². The quantitative estimate of drug-likeness (QED) is 0.524. The van der Waals surface area contributed by atoms with Crippen LogP contribution in [-0.2, 0) is 10.8 Å². The van der Waals surface area contributed by atoms with Gasteiger partial charge in [0.1, 0.15) is 11.0 Å². The van der Waals surface area contributed by atoms with E-state index in [1.165, 1.54) is 22.3 Å². The smallest absolute Gasteiger partial charge is 0.118 e. The predicted octanol–water partition coefficient (Wildman–Crippen LogP) is 6.41. The van der Waals surface area contributed by atoms with E-state index in [1.807, 2.05) is 23.0 Å². The Labute approximate surface area is 163 Å². The first-order valence-electron chi connectivity index (χ1n) is 10.1. The Morgan fingerprint density at radius 1 is 0.741 bits per heavy atom. The molecule has 0 radical (unpaired) electrons. The molecule has 0 saturated heterocycles. The van der Waals surface area contributed by atoms with Gasteiger partial charge in [0, 0.05) is 0 Å². The number of hydrogen-bond acceptors (Lipinski definition) is 2. The minimum absolute atomic E-state index is 0.0551. The number of aromatic nitrogens is 3. The fraction of sp³-hybridized carbons (Fsp3) is 0.500. The van der Waals surface area contributed by atoms with E-state index in [0.29, 0.717) is 0 Å². The molecule has 0 aliphatic heterocycles. The molecule has 0 aliphatic rings. The van der Waals surface area contributed by atoms with Crippen LogP contribution in [0.5, 0.6) is 0 Å². The fourth-order valence-corrected chi connectivity index (χ4v) is 4.06. The zero-order valence-corrected chi connectivity index (χ0v) is 18.1. The summed E-state index contributed by atoms with van der Waals surface area (Å²) in [6, 6.07) is 10.2. The Hall–Kier alpha value is -2.16. The van der Waals surface area contributed by atoms with Crippen molar-refractivity contribution in [2.45, 2.75) is 79.1 Å². The molecule has 2 aromatic carbocycles. The number of para-hydroxylation sites is 1. The third-order valence-corrected chi connectivity index (χ3v) is 6.51. The molecule has 3 rings (SSSR count). The Morgan fingerprint density at radius 2 is 1.15 bits per heavy atom. The van der Waals surface area contributed by atoms with E-state index in [4.69, 9.17) is 10.2 Å². The van der Waals surface area contributed by atoms with E-state index >= 15 is 0 Å². The molecule has 0 N–H and O–H groups in total. The van der Waals surface area contributed by atoms with E-state index in [9.17, 15) is 0 Å². The van der Waals surface area contributed by atoms with Crippen LogP contribution < -0.4 is 0 Å². The highest BCUT2D eigenvalue weighted by molar-refractivity contribution is 5.86. The number of hydrogen-bond donors (Lipinski definition) is 0. The topological polar surface area (TPSA) is 30.7 Å². The Balaban J connectivity index is 2.46. The van der Waals surface area contributed by atoms with E-state index in [-0.39, 0.29) is 10.8 Å². The zero-order chi connectivity index (χ0) is 20.0. The van der Waals surface area contributed by atoms with Crippen LogP contribution in [0.15, 0.2) is 30.3 Å². The first-order chi connectivity index (χ1) is 12.6. The molecule has 0 spiro atoms. The molecule has 0 atom stereocenters. The maximum atomic E-state index is 5.01. The molecule has 0 amide bonds. The third-order valence-electron chi connectivity index (χ3n) is 6.51. The molecule has 0 bridgehead atoms. The minimum Gasteiger partial charge on any atom is -0.150 e. The molecule has 0 aliphatic carbocycles. The highest BCUT2D eigenvalue weighted by atomic mass is 15.5. The lowest BCUT2D eigenvalue weighted by atomic mass is 9.72. The van der Waals surface area contributed by atoms with Crippen molar-refractivity contribution >= 4 is 11.0 Å². The summed E-state index contributed by atoms with van der Waals surface area (Å²) < 4.78 is 0. The maximum Gasteiger partial charge on any atom is 0.118 e. The molecule has 3 heteroatoms. The van der Waals surface area contributed by atoms with E-state index < -0.39 is 0 Å². The summed E-state index contributed by atoms with van der Waals surface area (Å²) in [5.41, 5.74) is 8.65. The van der Waals surface area contributed by atoms with Gasteiger partial charge >= 0.3 is 0 Å². The lowest BCUT2D eigenvalue weighted by Gasteiger charge is -2.31. The van der Waals surface area contributed by atoms with Crippen LogP contribution in [0.1, 0.15) is 76.6 Å². The normalized spacial score (nSPS) is 12.7. The molecule has 1 aromatic heterocycles. The summed E-state index contributed by atoms with van der Waals surface area (Å²) in [6.07, 6.45) is 2.13. The molecule has 0 fully saturated rings. The molecule has 27 heavy (non-hydrogen) atoms. The second-order valence-corrected chi connectivity index (χ2v) is 9.00. The van der Waals surface area contributed by atoms with Gasteiger partial charge in [0.15, 0.2) is 0 Å². The second kappa shape index (κ2) is 6.78. The summed E-state index contributed by atoms with van der Waals surface area (Å²) in [7, 11) is 0. The van der Waals surface area contributed by atoms with Crippen LogP contribution >= 0.6 is 0 Å². The number of benzene rings is 2. The highest BCUT2D eigenvalue weighted by Crippen LogP contribution is 2.42. The maximum absolute atomic E-state index is 5.01. The Morgan fingerprint density at radius 3 is 1.52 bits per heavy atom. The van der Waals surface area contributed by atoms with Gasteiger partial charge < -0.3 is 0 Å². The molecule has 3 nitrogen and oxygen atoms in total. The summed E-state index contributed by atoms with van der Waals surface area (Å²) in [5.74, 6) is 0. The average molecular weight is 364 g/mol. The lowest BCUT2D eigenvalue weighted by Crippen LogP contribution is -2.23.